The van der Waals surface area contributed by atoms with Crippen LogP contribution < -0.4 is 5.46 Å². The molecule has 0 radical (unpaired) electrons. The molecular formula is C8H15BN2O2. The lowest BCUT2D eigenvalue weighted by Gasteiger charge is -2.12. The Bertz CT molecular complexity index is 258. The maximum Gasteiger partial charge on any atom is 0.491 e. The zero-order valence-corrected chi connectivity index (χ0v) is 8.01. The fraction of sp³-hybridized carbons (Fsp3) is 0.625. The predicted octanol–water partition coefficient (Wildman–Crippen LogP) is -0.0760. The van der Waals surface area contributed by atoms with Gasteiger partial charge in [-0.05, 0) is 12.8 Å². The molecule has 0 saturated heterocycles. The van der Waals surface area contributed by atoms with E-state index < -0.39 is 7.12 Å². The summed E-state index contributed by atoms with van der Waals surface area (Å²) in [6.45, 7) is 4.18. The van der Waals surface area contributed by atoms with Crippen LogP contribution in [0.3, 0.4) is 0 Å². The molecule has 0 atom stereocenters. The first-order valence-electron chi connectivity index (χ1n) is 4.59. The third-order valence-electron chi connectivity index (χ3n) is 2.24. The minimum atomic E-state index is -1.41. The Balaban J connectivity index is 2.78. The molecule has 1 rings (SSSR count). The van der Waals surface area contributed by atoms with Crippen LogP contribution in [0.2, 0.25) is 0 Å². The van der Waals surface area contributed by atoms with E-state index in [0.717, 1.165) is 12.8 Å². The molecule has 0 amide bonds. The van der Waals surface area contributed by atoms with Gasteiger partial charge in [0.25, 0.3) is 0 Å². The Morgan fingerprint density at radius 1 is 1.46 bits per heavy atom. The number of hydrogen-bond donors (Lipinski definition) is 2. The fourth-order valence-corrected chi connectivity index (χ4v) is 1.35. The summed E-state index contributed by atoms with van der Waals surface area (Å²) in [6, 6.07) is 0.354. The first-order chi connectivity index (χ1) is 6.19. The number of nitrogens with zero attached hydrogens (tertiary/aromatic N) is 2. The smallest absolute Gasteiger partial charge is 0.423 e. The summed E-state index contributed by atoms with van der Waals surface area (Å²) in [5.74, 6) is 0. The van der Waals surface area contributed by atoms with Crippen LogP contribution in [0.15, 0.2) is 12.4 Å². The normalized spacial score (nSPS) is 10.8. The molecule has 72 valence electrons. The van der Waals surface area contributed by atoms with Crippen molar-refractivity contribution in [1.29, 1.82) is 0 Å². The third-order valence-corrected chi connectivity index (χ3v) is 2.24. The Kier molecular flexibility index (Phi) is 3.51. The van der Waals surface area contributed by atoms with E-state index in [1.165, 1.54) is 6.20 Å². The summed E-state index contributed by atoms with van der Waals surface area (Å²) in [5, 5.41) is 21.8. The van der Waals surface area contributed by atoms with Gasteiger partial charge in [0.05, 0.1) is 6.04 Å². The van der Waals surface area contributed by atoms with Gasteiger partial charge in [0.1, 0.15) is 0 Å². The average molecular weight is 182 g/mol. The van der Waals surface area contributed by atoms with Gasteiger partial charge in [-0.25, -0.2) is 0 Å². The SMILES string of the molecule is CCC(CC)n1cc(B(O)O)cn1. The van der Waals surface area contributed by atoms with Gasteiger partial charge >= 0.3 is 7.12 Å². The summed E-state index contributed by atoms with van der Waals surface area (Å²) < 4.78 is 1.79. The van der Waals surface area contributed by atoms with Crippen LogP contribution in [0, 0.1) is 0 Å². The number of rotatable bonds is 4. The van der Waals surface area contributed by atoms with Crippen molar-refractivity contribution in [2.75, 3.05) is 0 Å². The van der Waals surface area contributed by atoms with Crippen LogP contribution in [0.25, 0.3) is 0 Å². The second-order valence-electron chi connectivity index (χ2n) is 3.10. The monoisotopic (exact) mass is 182 g/mol. The van der Waals surface area contributed by atoms with E-state index >= 15 is 0 Å². The highest BCUT2D eigenvalue weighted by Crippen LogP contribution is 2.12. The average Bonchev–Trinajstić information content (AvgIpc) is 2.56. The molecule has 5 heteroatoms. The molecule has 0 saturated carbocycles. The molecule has 0 spiro atoms. The molecule has 0 aromatic carbocycles. The highest BCUT2D eigenvalue weighted by Gasteiger charge is 2.15. The second kappa shape index (κ2) is 4.44. The van der Waals surface area contributed by atoms with Crippen molar-refractivity contribution in [3.8, 4) is 0 Å². The molecule has 2 N–H and O–H groups in total. The number of hydrogen-bond acceptors (Lipinski definition) is 3. The Hall–Kier alpha value is -0.805. The van der Waals surface area contributed by atoms with E-state index in [2.05, 4.69) is 18.9 Å². The van der Waals surface area contributed by atoms with E-state index in [0.29, 0.717) is 11.5 Å². The lowest BCUT2D eigenvalue weighted by atomic mass is 9.83. The van der Waals surface area contributed by atoms with Crippen LogP contribution in [-0.2, 0) is 0 Å². The highest BCUT2D eigenvalue weighted by atomic mass is 16.4. The van der Waals surface area contributed by atoms with Crippen molar-refractivity contribution in [2.24, 2.45) is 0 Å². The van der Waals surface area contributed by atoms with Gasteiger partial charge < -0.3 is 10.0 Å². The van der Waals surface area contributed by atoms with Gasteiger partial charge in [-0.2, -0.15) is 5.10 Å². The van der Waals surface area contributed by atoms with Crippen LogP contribution in [0.5, 0.6) is 0 Å². The summed E-state index contributed by atoms with van der Waals surface area (Å²) in [7, 11) is -1.41. The van der Waals surface area contributed by atoms with Crippen LogP contribution in [-0.4, -0.2) is 26.9 Å². The van der Waals surface area contributed by atoms with Crippen molar-refractivity contribution < 1.29 is 10.0 Å². The Morgan fingerprint density at radius 2 is 2.08 bits per heavy atom. The van der Waals surface area contributed by atoms with E-state index in [-0.39, 0.29) is 0 Å². The maximum absolute atomic E-state index is 8.87. The van der Waals surface area contributed by atoms with Gasteiger partial charge in [0.2, 0.25) is 0 Å². The summed E-state index contributed by atoms with van der Waals surface area (Å²) in [4.78, 5) is 0. The van der Waals surface area contributed by atoms with Gasteiger partial charge in [-0.3, -0.25) is 4.68 Å². The van der Waals surface area contributed by atoms with Crippen molar-refractivity contribution in [3.05, 3.63) is 12.4 Å². The van der Waals surface area contributed by atoms with Gasteiger partial charge in [0, 0.05) is 17.9 Å². The second-order valence-corrected chi connectivity index (χ2v) is 3.10. The van der Waals surface area contributed by atoms with Gasteiger partial charge in [-0.1, -0.05) is 13.8 Å². The largest absolute Gasteiger partial charge is 0.491 e. The summed E-state index contributed by atoms with van der Waals surface area (Å²) in [5.41, 5.74) is 0.451. The fourth-order valence-electron chi connectivity index (χ4n) is 1.35. The predicted molar refractivity (Wildman–Crippen MR) is 51.7 cm³/mol. The first kappa shape index (κ1) is 10.3. The molecule has 1 aromatic rings. The molecule has 0 aliphatic carbocycles. The maximum atomic E-state index is 8.87. The molecule has 1 aromatic heterocycles. The molecule has 1 heterocycles. The molecule has 4 nitrogen and oxygen atoms in total. The quantitative estimate of drug-likeness (QED) is 0.640. The molecule has 0 bridgehead atoms. The van der Waals surface area contributed by atoms with Crippen molar-refractivity contribution in [3.63, 3.8) is 0 Å². The Morgan fingerprint density at radius 3 is 2.46 bits per heavy atom. The highest BCUT2D eigenvalue weighted by molar-refractivity contribution is 6.58. The van der Waals surface area contributed by atoms with Gasteiger partial charge in [-0.15, -0.1) is 0 Å². The number of aromatic nitrogens is 2. The minimum Gasteiger partial charge on any atom is -0.423 e. The Labute approximate surface area is 78.3 Å². The molecule has 0 unspecified atom stereocenters. The standard InChI is InChI=1S/C8H15BN2O2/c1-3-8(4-2)11-6-7(5-10-11)9(12)13/h5-6,8,12-13H,3-4H2,1-2H3. The zero-order valence-electron chi connectivity index (χ0n) is 8.01. The van der Waals surface area contributed by atoms with Crippen LogP contribution >= 0.6 is 0 Å². The van der Waals surface area contributed by atoms with Crippen molar-refractivity contribution >= 4 is 12.6 Å². The third kappa shape index (κ3) is 2.32. The van der Waals surface area contributed by atoms with E-state index in [4.69, 9.17) is 10.0 Å². The first-order valence-corrected chi connectivity index (χ1v) is 4.59. The van der Waals surface area contributed by atoms with E-state index in [1.807, 2.05) is 0 Å². The van der Waals surface area contributed by atoms with Crippen LogP contribution in [0.4, 0.5) is 0 Å². The minimum absolute atomic E-state index is 0.354. The van der Waals surface area contributed by atoms with Crippen LogP contribution in [0.1, 0.15) is 32.7 Å². The summed E-state index contributed by atoms with van der Waals surface area (Å²) >= 11 is 0. The van der Waals surface area contributed by atoms with Crippen molar-refractivity contribution in [2.45, 2.75) is 32.7 Å². The van der Waals surface area contributed by atoms with E-state index in [9.17, 15) is 0 Å². The summed E-state index contributed by atoms with van der Waals surface area (Å²) in [6.07, 6.45) is 5.17. The topological polar surface area (TPSA) is 58.3 Å². The molecule has 13 heavy (non-hydrogen) atoms. The van der Waals surface area contributed by atoms with Crippen molar-refractivity contribution in [1.82, 2.24) is 9.78 Å². The van der Waals surface area contributed by atoms with Gasteiger partial charge in [0.15, 0.2) is 0 Å². The zero-order chi connectivity index (χ0) is 9.84. The molecule has 0 aliphatic rings. The lowest BCUT2D eigenvalue weighted by molar-refractivity contribution is 0.422. The molecule has 0 aliphatic heterocycles. The lowest BCUT2D eigenvalue weighted by Crippen LogP contribution is -2.28. The molecule has 0 fully saturated rings. The molecular weight excluding hydrogens is 167 g/mol. The van der Waals surface area contributed by atoms with E-state index in [1.54, 1.807) is 10.9 Å².